The first-order chi connectivity index (χ1) is 13.3. The molecule has 140 valence electrons. The van der Waals surface area contributed by atoms with Gasteiger partial charge in [-0.3, -0.25) is 9.59 Å². The van der Waals surface area contributed by atoms with Crippen LogP contribution >= 0.6 is 23.2 Å². The molecule has 0 unspecified atom stereocenters. The highest BCUT2D eigenvalue weighted by atomic mass is 35.5. The monoisotopic (exact) mass is 431 g/mol. The Labute approximate surface area is 170 Å². The quantitative estimate of drug-likeness (QED) is 0.501. The number of hydrogen-bond donors (Lipinski definition) is 1. The highest BCUT2D eigenvalue weighted by Gasteiger charge is 2.35. The Morgan fingerprint density at radius 2 is 1.54 bits per heavy atom. The van der Waals surface area contributed by atoms with Crippen molar-refractivity contribution in [3.05, 3.63) is 87.4 Å². The van der Waals surface area contributed by atoms with Crippen LogP contribution in [0.3, 0.4) is 0 Å². The maximum Gasteiger partial charge on any atom is 0.255 e. The summed E-state index contributed by atoms with van der Waals surface area (Å²) in [5, 5.41) is 3.25. The molecule has 4 rings (SSSR count). The van der Waals surface area contributed by atoms with Crippen molar-refractivity contribution in [2.24, 2.45) is 0 Å². The summed E-state index contributed by atoms with van der Waals surface area (Å²) in [7, 11) is -3.91. The molecule has 1 heterocycles. The molecular weight excluding hydrogens is 421 g/mol. The first-order valence-electron chi connectivity index (χ1n) is 8.08. The maximum absolute atomic E-state index is 12.9. The number of benzene rings is 3. The highest BCUT2D eigenvalue weighted by Crippen LogP contribution is 2.35. The molecule has 3 aromatic carbocycles. The van der Waals surface area contributed by atoms with Crippen LogP contribution in [0.25, 0.3) is 0 Å². The van der Waals surface area contributed by atoms with Gasteiger partial charge in [-0.1, -0.05) is 35.3 Å². The smallest absolute Gasteiger partial charge is 0.255 e. The van der Waals surface area contributed by atoms with Gasteiger partial charge in [-0.05, 0) is 48.5 Å². The topological polar surface area (TPSA) is 80.3 Å². The molecule has 1 aliphatic rings. The van der Waals surface area contributed by atoms with Gasteiger partial charge in [-0.15, -0.1) is 0 Å². The van der Waals surface area contributed by atoms with E-state index in [4.69, 9.17) is 23.2 Å². The molecule has 3 aromatic rings. The van der Waals surface area contributed by atoms with Crippen molar-refractivity contribution in [3.8, 4) is 0 Å². The lowest BCUT2D eigenvalue weighted by molar-refractivity contribution is 0.101. The minimum absolute atomic E-state index is 0.0461. The van der Waals surface area contributed by atoms with E-state index in [1.165, 1.54) is 42.5 Å². The number of rotatable bonds is 2. The van der Waals surface area contributed by atoms with Crippen LogP contribution in [0.4, 0.5) is 5.69 Å². The zero-order valence-corrected chi connectivity index (χ0v) is 16.4. The molecule has 0 saturated carbocycles. The lowest BCUT2D eigenvalue weighted by Gasteiger charge is -2.19. The number of fused-ring (bicyclic) bond motifs is 2. The largest absolute Gasteiger partial charge is 0.322 e. The Morgan fingerprint density at radius 3 is 2.29 bits per heavy atom. The summed E-state index contributed by atoms with van der Waals surface area (Å²) >= 11 is 11.8. The van der Waals surface area contributed by atoms with Crippen LogP contribution in [0, 0.1) is 0 Å². The van der Waals surface area contributed by atoms with Crippen LogP contribution in [0.15, 0.2) is 70.5 Å². The van der Waals surface area contributed by atoms with E-state index in [0.717, 1.165) is 0 Å². The zero-order chi connectivity index (χ0) is 20.1. The first kappa shape index (κ1) is 18.7. The van der Waals surface area contributed by atoms with Gasteiger partial charge in [0, 0.05) is 22.4 Å². The van der Waals surface area contributed by atoms with Crippen molar-refractivity contribution in [1.29, 1.82) is 0 Å². The number of carbonyl (C=O) groups is 2. The predicted octanol–water partition coefficient (Wildman–Crippen LogP) is 4.62. The normalized spacial score (nSPS) is 14.1. The van der Waals surface area contributed by atoms with Gasteiger partial charge in [-0.2, -0.15) is 0 Å². The molecule has 0 bridgehead atoms. The minimum atomic E-state index is -3.91. The molecule has 0 fully saturated rings. The van der Waals surface area contributed by atoms with Gasteiger partial charge < -0.3 is 5.32 Å². The third kappa shape index (κ3) is 2.99. The van der Waals surface area contributed by atoms with E-state index in [1.807, 2.05) is 0 Å². The lowest BCUT2D eigenvalue weighted by atomic mass is 10.0. The van der Waals surface area contributed by atoms with Gasteiger partial charge in [0.25, 0.3) is 5.91 Å². The average Bonchev–Trinajstić information content (AvgIpc) is 2.69. The zero-order valence-electron chi connectivity index (χ0n) is 14.1. The van der Waals surface area contributed by atoms with Crippen molar-refractivity contribution in [2.75, 3.05) is 5.32 Å². The van der Waals surface area contributed by atoms with Crippen LogP contribution in [0.5, 0.6) is 0 Å². The van der Waals surface area contributed by atoms with Gasteiger partial charge in [-0.25, -0.2) is 8.42 Å². The average molecular weight is 432 g/mol. The summed E-state index contributed by atoms with van der Waals surface area (Å²) in [5.41, 5.74) is 0.676. The van der Waals surface area contributed by atoms with E-state index in [2.05, 4.69) is 5.32 Å². The molecule has 0 radical (unpaired) electrons. The lowest BCUT2D eigenvalue weighted by Crippen LogP contribution is -2.21. The molecule has 1 N–H and O–H groups in total. The SMILES string of the molecule is O=C(Nc1ccc(Cl)c(Cl)c1)c1ccc2c(c1)S(=O)(=O)c1ccccc1C2=O. The summed E-state index contributed by atoms with van der Waals surface area (Å²) < 4.78 is 25.9. The standard InChI is InChI=1S/C20H11Cl2NO4S/c21-15-8-6-12(10-16(15)22)23-20(25)11-5-7-14-18(9-11)28(26,27)17-4-2-1-3-13(17)19(14)24/h1-10H,(H,23,25). The van der Waals surface area contributed by atoms with Gasteiger partial charge in [0.2, 0.25) is 9.84 Å². The maximum atomic E-state index is 12.9. The minimum Gasteiger partial charge on any atom is -0.322 e. The Morgan fingerprint density at radius 1 is 0.821 bits per heavy atom. The van der Waals surface area contributed by atoms with Crippen LogP contribution in [-0.2, 0) is 9.84 Å². The number of amides is 1. The van der Waals surface area contributed by atoms with Gasteiger partial charge in [0.05, 0.1) is 19.8 Å². The number of nitrogens with one attached hydrogen (secondary N) is 1. The number of carbonyl (C=O) groups excluding carboxylic acids is 2. The summed E-state index contributed by atoms with van der Waals surface area (Å²) in [6.45, 7) is 0. The van der Waals surface area contributed by atoms with Crippen LogP contribution < -0.4 is 5.32 Å². The fourth-order valence-electron chi connectivity index (χ4n) is 3.00. The van der Waals surface area contributed by atoms with E-state index in [9.17, 15) is 18.0 Å². The van der Waals surface area contributed by atoms with Crippen molar-refractivity contribution >= 4 is 50.4 Å². The van der Waals surface area contributed by atoms with Crippen molar-refractivity contribution in [2.45, 2.75) is 9.79 Å². The van der Waals surface area contributed by atoms with Crippen molar-refractivity contribution < 1.29 is 18.0 Å². The van der Waals surface area contributed by atoms with E-state index in [0.29, 0.717) is 10.7 Å². The Kier molecular flexibility index (Phi) is 4.50. The van der Waals surface area contributed by atoms with Crippen LogP contribution in [-0.4, -0.2) is 20.1 Å². The molecule has 0 saturated heterocycles. The van der Waals surface area contributed by atoms with E-state index < -0.39 is 21.5 Å². The number of hydrogen-bond acceptors (Lipinski definition) is 4. The number of ketones is 1. The Bertz CT molecular complexity index is 1270. The molecule has 8 heteroatoms. The molecular formula is C20H11Cl2NO4S. The molecule has 0 spiro atoms. The molecule has 0 aliphatic carbocycles. The molecule has 5 nitrogen and oxygen atoms in total. The summed E-state index contributed by atoms with van der Waals surface area (Å²) in [6, 6.07) is 14.6. The number of sulfone groups is 1. The molecule has 1 amide bonds. The second-order valence-corrected chi connectivity index (χ2v) is 8.82. The molecule has 0 aromatic heterocycles. The predicted molar refractivity (Wildman–Crippen MR) is 106 cm³/mol. The second-order valence-electron chi connectivity index (χ2n) is 6.12. The second kappa shape index (κ2) is 6.74. The Hall–Kier alpha value is -2.67. The summed E-state index contributed by atoms with van der Waals surface area (Å²) in [6.07, 6.45) is 0. The fourth-order valence-corrected chi connectivity index (χ4v) is 4.98. The van der Waals surface area contributed by atoms with E-state index in [1.54, 1.807) is 18.2 Å². The van der Waals surface area contributed by atoms with E-state index in [-0.39, 0.29) is 31.5 Å². The number of anilines is 1. The van der Waals surface area contributed by atoms with Crippen LogP contribution in [0.2, 0.25) is 10.0 Å². The Balaban J connectivity index is 1.74. The molecule has 28 heavy (non-hydrogen) atoms. The van der Waals surface area contributed by atoms with Gasteiger partial charge >= 0.3 is 0 Å². The fraction of sp³-hybridized carbons (Fsp3) is 0. The third-order valence-electron chi connectivity index (χ3n) is 4.38. The molecule has 0 atom stereocenters. The van der Waals surface area contributed by atoms with E-state index >= 15 is 0 Å². The van der Waals surface area contributed by atoms with Crippen LogP contribution in [0.1, 0.15) is 26.3 Å². The van der Waals surface area contributed by atoms with Gasteiger partial charge in [0.15, 0.2) is 5.78 Å². The first-order valence-corrected chi connectivity index (χ1v) is 10.3. The van der Waals surface area contributed by atoms with Crippen molar-refractivity contribution in [3.63, 3.8) is 0 Å². The highest BCUT2D eigenvalue weighted by molar-refractivity contribution is 7.91. The van der Waals surface area contributed by atoms with Crippen molar-refractivity contribution in [1.82, 2.24) is 0 Å². The summed E-state index contributed by atoms with van der Waals surface area (Å²) in [4.78, 5) is 25.0. The molecule has 1 aliphatic heterocycles. The van der Waals surface area contributed by atoms with Gasteiger partial charge in [0.1, 0.15) is 0 Å². The number of halogens is 2. The summed E-state index contributed by atoms with van der Waals surface area (Å²) in [5.74, 6) is -0.931. The third-order valence-corrected chi connectivity index (χ3v) is 6.97.